The first-order chi connectivity index (χ1) is 9.77. The summed E-state index contributed by atoms with van der Waals surface area (Å²) in [4.78, 5) is 4.64. The standard InChI is InChI=1S/C16H21BrN2OS/c1-10(18)12-6-5-11(17)7-13(12)20-8-15-19-14(9-21-15)16(2,3)4/h5-7,9-10H,8,18H2,1-4H3/t10-/m0/s1. The number of thiazole rings is 1. The predicted octanol–water partition coefficient (Wildman–Crippen LogP) is 4.80. The Labute approximate surface area is 138 Å². The number of nitrogens with zero attached hydrogens (tertiary/aromatic N) is 1. The average Bonchev–Trinajstić information content (AvgIpc) is 2.84. The molecule has 0 aliphatic carbocycles. The van der Waals surface area contributed by atoms with E-state index in [2.05, 4.69) is 47.1 Å². The lowest BCUT2D eigenvalue weighted by atomic mass is 9.93. The molecule has 3 nitrogen and oxygen atoms in total. The smallest absolute Gasteiger partial charge is 0.140 e. The molecule has 0 saturated carbocycles. The first-order valence-corrected chi connectivity index (χ1v) is 8.57. The van der Waals surface area contributed by atoms with Crippen molar-refractivity contribution in [1.29, 1.82) is 0 Å². The van der Waals surface area contributed by atoms with Crippen molar-refractivity contribution in [1.82, 2.24) is 4.98 Å². The van der Waals surface area contributed by atoms with Crippen molar-refractivity contribution in [3.8, 4) is 5.75 Å². The van der Waals surface area contributed by atoms with E-state index >= 15 is 0 Å². The summed E-state index contributed by atoms with van der Waals surface area (Å²) in [5, 5.41) is 3.09. The second-order valence-corrected chi connectivity index (χ2v) is 7.99. The minimum atomic E-state index is -0.0606. The van der Waals surface area contributed by atoms with Crippen LogP contribution in [0.3, 0.4) is 0 Å². The number of benzene rings is 1. The summed E-state index contributed by atoms with van der Waals surface area (Å²) in [5.74, 6) is 0.812. The highest BCUT2D eigenvalue weighted by molar-refractivity contribution is 9.10. The summed E-state index contributed by atoms with van der Waals surface area (Å²) in [7, 11) is 0. The molecule has 21 heavy (non-hydrogen) atoms. The van der Waals surface area contributed by atoms with Gasteiger partial charge in [0.15, 0.2) is 0 Å². The van der Waals surface area contributed by atoms with Gasteiger partial charge in [0.1, 0.15) is 17.4 Å². The van der Waals surface area contributed by atoms with Crippen LogP contribution in [-0.4, -0.2) is 4.98 Å². The highest BCUT2D eigenvalue weighted by Crippen LogP contribution is 2.29. The summed E-state index contributed by atoms with van der Waals surface area (Å²) in [6.45, 7) is 8.91. The van der Waals surface area contributed by atoms with E-state index in [9.17, 15) is 0 Å². The van der Waals surface area contributed by atoms with Crippen LogP contribution in [0.15, 0.2) is 28.1 Å². The molecule has 1 heterocycles. The van der Waals surface area contributed by atoms with E-state index in [1.807, 2.05) is 25.1 Å². The van der Waals surface area contributed by atoms with Crippen LogP contribution in [0.25, 0.3) is 0 Å². The molecule has 1 aromatic carbocycles. The van der Waals surface area contributed by atoms with Gasteiger partial charge in [-0.1, -0.05) is 42.8 Å². The van der Waals surface area contributed by atoms with E-state index in [4.69, 9.17) is 10.5 Å². The zero-order valence-corrected chi connectivity index (χ0v) is 15.2. The molecule has 5 heteroatoms. The van der Waals surface area contributed by atoms with Crippen LogP contribution in [0.1, 0.15) is 50.0 Å². The molecule has 0 bridgehead atoms. The fourth-order valence-corrected chi connectivity index (χ4v) is 3.14. The van der Waals surface area contributed by atoms with Gasteiger partial charge in [-0.2, -0.15) is 0 Å². The van der Waals surface area contributed by atoms with Gasteiger partial charge in [0.2, 0.25) is 0 Å². The van der Waals surface area contributed by atoms with Crippen molar-refractivity contribution in [2.45, 2.75) is 45.8 Å². The minimum absolute atomic E-state index is 0.0606. The van der Waals surface area contributed by atoms with Gasteiger partial charge in [0, 0.05) is 26.9 Å². The molecule has 1 aromatic heterocycles. The van der Waals surface area contributed by atoms with Crippen molar-refractivity contribution in [2.24, 2.45) is 5.73 Å². The zero-order valence-electron chi connectivity index (χ0n) is 12.8. The van der Waals surface area contributed by atoms with Crippen LogP contribution in [0.5, 0.6) is 5.75 Å². The van der Waals surface area contributed by atoms with Gasteiger partial charge >= 0.3 is 0 Å². The third-order valence-electron chi connectivity index (χ3n) is 3.14. The maximum atomic E-state index is 5.99. The predicted molar refractivity (Wildman–Crippen MR) is 91.9 cm³/mol. The van der Waals surface area contributed by atoms with Crippen molar-refractivity contribution in [3.05, 3.63) is 44.3 Å². The van der Waals surface area contributed by atoms with Gasteiger partial charge in [-0.3, -0.25) is 0 Å². The van der Waals surface area contributed by atoms with Crippen molar-refractivity contribution >= 4 is 27.3 Å². The normalized spacial score (nSPS) is 13.2. The quantitative estimate of drug-likeness (QED) is 0.842. The van der Waals surface area contributed by atoms with E-state index in [1.54, 1.807) is 11.3 Å². The number of ether oxygens (including phenoxy) is 1. The van der Waals surface area contributed by atoms with E-state index < -0.39 is 0 Å². The van der Waals surface area contributed by atoms with Gasteiger partial charge in [0.05, 0.1) is 5.69 Å². The molecule has 0 spiro atoms. The van der Waals surface area contributed by atoms with Crippen LogP contribution in [0.4, 0.5) is 0 Å². The number of hydrogen-bond donors (Lipinski definition) is 1. The Balaban J connectivity index is 2.13. The Morgan fingerprint density at radius 1 is 1.38 bits per heavy atom. The topological polar surface area (TPSA) is 48.1 Å². The van der Waals surface area contributed by atoms with Gasteiger partial charge in [-0.15, -0.1) is 11.3 Å². The van der Waals surface area contributed by atoms with Gasteiger partial charge in [-0.25, -0.2) is 4.98 Å². The Morgan fingerprint density at radius 2 is 2.10 bits per heavy atom. The van der Waals surface area contributed by atoms with Gasteiger partial charge in [-0.05, 0) is 19.1 Å². The van der Waals surface area contributed by atoms with E-state index in [-0.39, 0.29) is 11.5 Å². The average molecular weight is 369 g/mol. The second kappa shape index (κ2) is 6.46. The van der Waals surface area contributed by atoms with E-state index in [0.29, 0.717) is 6.61 Å². The molecular formula is C16H21BrN2OS. The molecule has 2 aromatic rings. The third-order valence-corrected chi connectivity index (χ3v) is 4.45. The minimum Gasteiger partial charge on any atom is -0.486 e. The monoisotopic (exact) mass is 368 g/mol. The number of hydrogen-bond acceptors (Lipinski definition) is 4. The first kappa shape index (κ1) is 16.5. The second-order valence-electron chi connectivity index (χ2n) is 6.14. The van der Waals surface area contributed by atoms with Crippen molar-refractivity contribution < 1.29 is 4.74 Å². The molecular weight excluding hydrogens is 348 g/mol. The Bertz CT molecular complexity index is 617. The summed E-state index contributed by atoms with van der Waals surface area (Å²) in [6.07, 6.45) is 0. The van der Waals surface area contributed by atoms with Crippen molar-refractivity contribution in [2.75, 3.05) is 0 Å². The first-order valence-electron chi connectivity index (χ1n) is 6.90. The highest BCUT2D eigenvalue weighted by atomic mass is 79.9. The highest BCUT2D eigenvalue weighted by Gasteiger charge is 2.18. The van der Waals surface area contributed by atoms with Crippen LogP contribution in [-0.2, 0) is 12.0 Å². The molecule has 0 saturated heterocycles. The van der Waals surface area contributed by atoms with Crippen molar-refractivity contribution in [3.63, 3.8) is 0 Å². The Kier molecular flexibility index (Phi) is 5.07. The van der Waals surface area contributed by atoms with Crippen LogP contribution in [0, 0.1) is 0 Å². The van der Waals surface area contributed by atoms with Gasteiger partial charge < -0.3 is 10.5 Å². The molecule has 114 valence electrons. The third kappa shape index (κ3) is 4.28. The zero-order chi connectivity index (χ0) is 15.6. The fourth-order valence-electron chi connectivity index (χ4n) is 1.87. The molecule has 0 fully saturated rings. The lowest BCUT2D eigenvalue weighted by Crippen LogP contribution is -2.12. The van der Waals surface area contributed by atoms with Crippen LogP contribution >= 0.6 is 27.3 Å². The largest absolute Gasteiger partial charge is 0.486 e. The van der Waals surface area contributed by atoms with Crippen LogP contribution < -0.4 is 10.5 Å². The molecule has 2 rings (SSSR count). The number of aromatic nitrogens is 1. The lowest BCUT2D eigenvalue weighted by Gasteiger charge is -2.15. The number of halogens is 1. The number of rotatable bonds is 4. The SMILES string of the molecule is C[C@H](N)c1ccc(Br)cc1OCc1nc(C(C)(C)C)cs1. The summed E-state index contributed by atoms with van der Waals surface area (Å²) >= 11 is 5.10. The molecule has 1 atom stereocenters. The summed E-state index contributed by atoms with van der Waals surface area (Å²) in [5.41, 5.74) is 8.17. The Morgan fingerprint density at radius 3 is 2.67 bits per heavy atom. The molecule has 0 unspecified atom stereocenters. The molecule has 2 N–H and O–H groups in total. The van der Waals surface area contributed by atoms with E-state index in [1.165, 1.54) is 0 Å². The molecule has 0 radical (unpaired) electrons. The fraction of sp³-hybridized carbons (Fsp3) is 0.438. The molecule has 0 aliphatic rings. The lowest BCUT2D eigenvalue weighted by molar-refractivity contribution is 0.300. The summed E-state index contributed by atoms with van der Waals surface area (Å²) in [6, 6.07) is 5.87. The number of nitrogens with two attached hydrogens (primary N) is 1. The van der Waals surface area contributed by atoms with Gasteiger partial charge in [0.25, 0.3) is 0 Å². The Hall–Kier alpha value is -0.910. The maximum Gasteiger partial charge on any atom is 0.140 e. The molecule has 0 amide bonds. The molecule has 0 aliphatic heterocycles. The summed E-state index contributed by atoms with van der Waals surface area (Å²) < 4.78 is 6.91. The van der Waals surface area contributed by atoms with Crippen LogP contribution in [0.2, 0.25) is 0 Å². The maximum absolute atomic E-state index is 5.99. The van der Waals surface area contributed by atoms with E-state index in [0.717, 1.165) is 26.5 Å².